The molecular formula is C39H39ClN4O3S. The molecule has 5 aromatic rings. The maximum absolute atomic E-state index is 15.0. The molecule has 1 saturated heterocycles. The van der Waals surface area contributed by atoms with Crippen molar-refractivity contribution in [3.8, 4) is 27.5 Å². The van der Waals surface area contributed by atoms with Crippen molar-refractivity contribution >= 4 is 34.8 Å². The average molecular weight is 679 g/mol. The fourth-order valence-corrected chi connectivity index (χ4v) is 7.44. The van der Waals surface area contributed by atoms with Gasteiger partial charge in [0.05, 0.1) is 22.5 Å². The van der Waals surface area contributed by atoms with Crippen molar-refractivity contribution < 1.29 is 9.59 Å². The first-order chi connectivity index (χ1) is 23.2. The van der Waals surface area contributed by atoms with Crippen LogP contribution in [0.2, 0.25) is 5.02 Å². The number of carbonyl (C=O) groups is 2. The lowest BCUT2D eigenvalue weighted by Gasteiger charge is -2.36. The number of nitrogens with zero attached hydrogens (tertiary/aromatic N) is 3. The van der Waals surface area contributed by atoms with E-state index in [9.17, 15) is 14.4 Å². The molecule has 7 nitrogen and oxygen atoms in total. The Bertz CT molecular complexity index is 2000. The third-order valence-electron chi connectivity index (χ3n) is 8.79. The zero-order chi connectivity index (χ0) is 33.9. The molecule has 2 aromatic heterocycles. The van der Waals surface area contributed by atoms with Crippen LogP contribution >= 0.6 is 22.9 Å². The van der Waals surface area contributed by atoms with E-state index >= 15 is 0 Å². The van der Waals surface area contributed by atoms with E-state index in [0.29, 0.717) is 59.2 Å². The second-order valence-electron chi connectivity index (χ2n) is 12.4. The van der Waals surface area contributed by atoms with Gasteiger partial charge in [0.1, 0.15) is 11.0 Å². The van der Waals surface area contributed by atoms with Crippen LogP contribution in [0.1, 0.15) is 66.5 Å². The Hall–Kier alpha value is -4.53. The summed E-state index contributed by atoms with van der Waals surface area (Å²) in [5, 5.41) is 6.01. The number of amides is 2. The number of hydrogen-bond acceptors (Lipinski definition) is 5. The molecule has 3 heterocycles. The number of carbonyl (C=O) groups excluding carboxylic acids is 2. The molecule has 246 valence electrons. The number of rotatable bonds is 9. The highest BCUT2D eigenvalue weighted by Gasteiger charge is 2.37. The Kier molecular flexibility index (Phi) is 9.94. The second-order valence-corrected chi connectivity index (χ2v) is 13.7. The van der Waals surface area contributed by atoms with Gasteiger partial charge in [-0.2, -0.15) is 0 Å². The molecule has 0 spiro atoms. The van der Waals surface area contributed by atoms with Crippen LogP contribution in [-0.2, 0) is 24.1 Å². The van der Waals surface area contributed by atoms with Crippen molar-refractivity contribution in [1.82, 2.24) is 19.8 Å². The molecule has 2 amide bonds. The van der Waals surface area contributed by atoms with E-state index in [0.717, 1.165) is 33.6 Å². The Labute approximate surface area is 290 Å². The van der Waals surface area contributed by atoms with Crippen molar-refractivity contribution in [3.05, 3.63) is 128 Å². The number of hydrogen-bond donors (Lipinski definition) is 1. The number of halogens is 1. The summed E-state index contributed by atoms with van der Waals surface area (Å²) in [7, 11) is 0. The predicted molar refractivity (Wildman–Crippen MR) is 194 cm³/mol. The molecule has 1 unspecified atom stereocenters. The van der Waals surface area contributed by atoms with E-state index in [4.69, 9.17) is 16.6 Å². The minimum Gasteiger partial charge on any atom is -0.352 e. The Morgan fingerprint density at radius 1 is 0.979 bits per heavy atom. The zero-order valence-corrected chi connectivity index (χ0v) is 29.2. The molecule has 1 aliphatic heterocycles. The zero-order valence-electron chi connectivity index (χ0n) is 27.6. The van der Waals surface area contributed by atoms with E-state index < -0.39 is 6.04 Å². The molecule has 0 saturated carbocycles. The molecule has 0 radical (unpaired) electrons. The molecule has 0 bridgehead atoms. The molecule has 1 aliphatic rings. The lowest BCUT2D eigenvalue weighted by atomic mass is 9.95. The predicted octanol–water partition coefficient (Wildman–Crippen LogP) is 7.92. The maximum atomic E-state index is 15.0. The van der Waals surface area contributed by atoms with Crippen LogP contribution in [0.5, 0.6) is 0 Å². The number of para-hydroxylation sites is 1. The van der Waals surface area contributed by atoms with Crippen LogP contribution in [-0.4, -0.2) is 39.4 Å². The van der Waals surface area contributed by atoms with Crippen molar-refractivity contribution in [2.45, 2.75) is 53.0 Å². The summed E-state index contributed by atoms with van der Waals surface area (Å²) >= 11 is 7.51. The van der Waals surface area contributed by atoms with Gasteiger partial charge in [-0.1, -0.05) is 100.0 Å². The molecule has 9 heteroatoms. The number of aryl methyl sites for hydroxylation is 2. The fourth-order valence-electron chi connectivity index (χ4n) is 6.48. The summed E-state index contributed by atoms with van der Waals surface area (Å²) in [5.74, 6) is -0.374. The Morgan fingerprint density at radius 2 is 1.67 bits per heavy atom. The summed E-state index contributed by atoms with van der Waals surface area (Å²) in [4.78, 5) is 49.8. The van der Waals surface area contributed by atoms with Crippen molar-refractivity contribution in [2.24, 2.45) is 5.92 Å². The molecule has 48 heavy (non-hydrogen) atoms. The third-order valence-corrected chi connectivity index (χ3v) is 9.91. The molecular weight excluding hydrogens is 640 g/mol. The Balaban J connectivity index is 1.63. The van der Waals surface area contributed by atoms with E-state index in [1.54, 1.807) is 15.5 Å². The standard InChI is InChI=1S/C39H39ClN4O3S/c1-5-25-13-10-14-26(6-2)34(25)44-33(21-24(3)4)30(38(46)43-20-19-41-36(45)35(43)28-11-8-7-9-12-28)22-31(39(44)47)37-42-32(23-48-37)27-15-17-29(40)18-16-27/h7-18,22-24,35H,5-6,19-21H2,1-4H3,(H,41,45). The number of pyridine rings is 1. The normalized spacial score (nSPS) is 14.8. The van der Waals surface area contributed by atoms with Crippen LogP contribution in [0.25, 0.3) is 27.5 Å². The van der Waals surface area contributed by atoms with E-state index in [1.165, 1.54) is 11.3 Å². The topological polar surface area (TPSA) is 84.3 Å². The highest BCUT2D eigenvalue weighted by molar-refractivity contribution is 7.13. The first kappa shape index (κ1) is 33.4. The van der Waals surface area contributed by atoms with E-state index in [1.807, 2.05) is 66.0 Å². The first-order valence-corrected chi connectivity index (χ1v) is 17.7. The van der Waals surface area contributed by atoms with Gasteiger partial charge in [0.15, 0.2) is 0 Å². The Morgan fingerprint density at radius 3 is 2.31 bits per heavy atom. The van der Waals surface area contributed by atoms with Crippen LogP contribution in [0, 0.1) is 5.92 Å². The lowest BCUT2D eigenvalue weighted by molar-refractivity contribution is -0.128. The van der Waals surface area contributed by atoms with E-state index in [2.05, 4.69) is 45.1 Å². The minimum atomic E-state index is -0.798. The highest BCUT2D eigenvalue weighted by Crippen LogP contribution is 2.34. The van der Waals surface area contributed by atoms with Gasteiger partial charge in [0.2, 0.25) is 5.91 Å². The summed E-state index contributed by atoms with van der Waals surface area (Å²) in [6.07, 6.45) is 1.91. The van der Waals surface area contributed by atoms with Gasteiger partial charge < -0.3 is 10.2 Å². The van der Waals surface area contributed by atoms with Gasteiger partial charge in [0, 0.05) is 34.7 Å². The summed E-state index contributed by atoms with van der Waals surface area (Å²) in [6.45, 7) is 9.02. The van der Waals surface area contributed by atoms with Gasteiger partial charge in [-0.25, -0.2) is 4.98 Å². The molecule has 1 fully saturated rings. The monoisotopic (exact) mass is 678 g/mol. The molecule has 0 aliphatic carbocycles. The van der Waals surface area contributed by atoms with Crippen LogP contribution in [0.4, 0.5) is 0 Å². The smallest absolute Gasteiger partial charge is 0.265 e. The number of nitrogens with one attached hydrogen (secondary N) is 1. The van der Waals surface area contributed by atoms with Gasteiger partial charge in [0.25, 0.3) is 11.5 Å². The van der Waals surface area contributed by atoms with E-state index in [-0.39, 0.29) is 23.3 Å². The van der Waals surface area contributed by atoms with Gasteiger partial charge >= 0.3 is 0 Å². The van der Waals surface area contributed by atoms with Crippen LogP contribution in [0.3, 0.4) is 0 Å². The first-order valence-electron chi connectivity index (χ1n) is 16.5. The summed E-state index contributed by atoms with van der Waals surface area (Å²) in [5.41, 5.74) is 6.39. The van der Waals surface area contributed by atoms with Gasteiger partial charge in [-0.3, -0.25) is 19.0 Å². The highest BCUT2D eigenvalue weighted by atomic mass is 35.5. The van der Waals surface area contributed by atoms with Crippen LogP contribution in [0.15, 0.2) is 89.0 Å². The quantitative estimate of drug-likeness (QED) is 0.172. The second kappa shape index (κ2) is 14.3. The molecule has 1 atom stereocenters. The average Bonchev–Trinajstić information content (AvgIpc) is 3.58. The number of thiazole rings is 1. The summed E-state index contributed by atoms with van der Waals surface area (Å²) in [6, 6.07) is 23.9. The van der Waals surface area contributed by atoms with Crippen LogP contribution < -0.4 is 10.9 Å². The number of aromatic nitrogens is 2. The molecule has 1 N–H and O–H groups in total. The maximum Gasteiger partial charge on any atom is 0.265 e. The van der Waals surface area contributed by atoms with Crippen molar-refractivity contribution in [3.63, 3.8) is 0 Å². The third kappa shape index (κ3) is 6.47. The lowest BCUT2D eigenvalue weighted by Crippen LogP contribution is -2.52. The van der Waals surface area contributed by atoms with Gasteiger partial charge in [-0.05, 0) is 60.1 Å². The number of piperazine rings is 1. The SMILES string of the molecule is CCc1cccc(CC)c1-n1c(CC(C)C)c(C(=O)N2CCNC(=O)C2c2ccccc2)cc(-c2nc(-c3ccc(Cl)cc3)cs2)c1=O. The molecule has 3 aromatic carbocycles. The van der Waals surface area contributed by atoms with Crippen molar-refractivity contribution in [1.29, 1.82) is 0 Å². The fraction of sp³-hybridized carbons (Fsp3) is 0.282. The molecule has 6 rings (SSSR count). The minimum absolute atomic E-state index is 0.137. The summed E-state index contributed by atoms with van der Waals surface area (Å²) < 4.78 is 1.78. The largest absolute Gasteiger partial charge is 0.352 e. The van der Waals surface area contributed by atoms with Crippen molar-refractivity contribution in [2.75, 3.05) is 13.1 Å². The number of benzene rings is 3. The van der Waals surface area contributed by atoms with Gasteiger partial charge in [-0.15, -0.1) is 11.3 Å².